The summed E-state index contributed by atoms with van der Waals surface area (Å²) in [6.07, 6.45) is 5.65. The molecule has 0 spiro atoms. The van der Waals surface area contributed by atoms with Crippen LogP contribution in [0.2, 0.25) is 0 Å². The number of ether oxygens (including phenoxy) is 1. The van der Waals surface area contributed by atoms with Gasteiger partial charge in [0, 0.05) is 38.8 Å². The maximum Gasteiger partial charge on any atom is 0.319 e. The number of likely N-dealkylation sites (tertiary alicyclic amines) is 2. The van der Waals surface area contributed by atoms with E-state index in [4.69, 9.17) is 4.74 Å². The van der Waals surface area contributed by atoms with E-state index in [1.165, 1.54) is 18.4 Å². The van der Waals surface area contributed by atoms with Crippen LogP contribution in [0.5, 0.6) is 5.75 Å². The summed E-state index contributed by atoms with van der Waals surface area (Å²) in [5.41, 5.74) is 1.36. The molecule has 0 aliphatic carbocycles. The molecule has 1 aromatic carbocycles. The third-order valence-electron chi connectivity index (χ3n) is 6.47. The monoisotopic (exact) mass is 387 g/mol. The van der Waals surface area contributed by atoms with Gasteiger partial charge in [0.05, 0.1) is 7.11 Å². The van der Waals surface area contributed by atoms with Crippen molar-refractivity contribution in [3.8, 4) is 5.75 Å². The van der Waals surface area contributed by atoms with Crippen LogP contribution in [0.15, 0.2) is 24.3 Å². The van der Waals surface area contributed by atoms with Crippen molar-refractivity contribution in [1.29, 1.82) is 0 Å². The van der Waals surface area contributed by atoms with Crippen molar-refractivity contribution in [2.45, 2.75) is 52.0 Å². The normalized spacial score (nSPS) is 19.3. The summed E-state index contributed by atoms with van der Waals surface area (Å²) >= 11 is 0. The Hall–Kier alpha value is -1.75. The van der Waals surface area contributed by atoms with Gasteiger partial charge in [0.25, 0.3) is 0 Å². The number of rotatable bonds is 7. The van der Waals surface area contributed by atoms with E-state index in [0.717, 1.165) is 64.3 Å². The highest BCUT2D eigenvalue weighted by atomic mass is 16.5. The largest absolute Gasteiger partial charge is 0.497 e. The van der Waals surface area contributed by atoms with Gasteiger partial charge in [-0.3, -0.25) is 0 Å². The zero-order valence-corrected chi connectivity index (χ0v) is 17.9. The third-order valence-corrected chi connectivity index (χ3v) is 6.47. The van der Waals surface area contributed by atoms with Crippen LogP contribution >= 0.6 is 0 Å². The van der Waals surface area contributed by atoms with E-state index >= 15 is 0 Å². The number of carbonyl (C=O) groups is 1. The molecule has 2 heterocycles. The molecular formula is C23H37N3O2. The summed E-state index contributed by atoms with van der Waals surface area (Å²) < 4.78 is 5.26. The Morgan fingerprint density at radius 2 is 1.71 bits per heavy atom. The van der Waals surface area contributed by atoms with Crippen LogP contribution < -0.4 is 4.74 Å². The number of urea groups is 1. The topological polar surface area (TPSA) is 36.0 Å². The minimum absolute atomic E-state index is 0.274. The lowest BCUT2D eigenvalue weighted by Crippen LogP contribution is -2.47. The maximum atomic E-state index is 12.6. The Morgan fingerprint density at radius 3 is 2.29 bits per heavy atom. The van der Waals surface area contributed by atoms with E-state index in [2.05, 4.69) is 35.8 Å². The predicted octanol–water partition coefficient (Wildman–Crippen LogP) is 3.88. The van der Waals surface area contributed by atoms with Crippen LogP contribution in [0.25, 0.3) is 0 Å². The summed E-state index contributed by atoms with van der Waals surface area (Å²) in [7, 11) is 1.71. The van der Waals surface area contributed by atoms with E-state index in [1.807, 2.05) is 17.0 Å². The first-order chi connectivity index (χ1) is 13.6. The number of benzene rings is 1. The zero-order chi connectivity index (χ0) is 19.9. The molecule has 28 heavy (non-hydrogen) atoms. The number of amides is 2. The molecule has 2 fully saturated rings. The average Bonchev–Trinajstić information content (AvgIpc) is 3.27. The van der Waals surface area contributed by atoms with E-state index in [-0.39, 0.29) is 6.03 Å². The highest BCUT2D eigenvalue weighted by Gasteiger charge is 2.28. The number of nitrogens with zero attached hydrogens (tertiary/aromatic N) is 3. The smallest absolute Gasteiger partial charge is 0.319 e. The van der Waals surface area contributed by atoms with E-state index in [0.29, 0.717) is 12.0 Å². The minimum Gasteiger partial charge on any atom is -0.497 e. The van der Waals surface area contributed by atoms with Crippen molar-refractivity contribution >= 4 is 6.03 Å². The maximum absolute atomic E-state index is 12.6. The first-order valence-corrected chi connectivity index (χ1v) is 11.0. The van der Waals surface area contributed by atoms with Gasteiger partial charge in [-0.1, -0.05) is 19.1 Å². The van der Waals surface area contributed by atoms with E-state index in [9.17, 15) is 4.79 Å². The van der Waals surface area contributed by atoms with Gasteiger partial charge in [0.15, 0.2) is 0 Å². The Kier molecular flexibility index (Phi) is 7.60. The van der Waals surface area contributed by atoms with E-state index < -0.39 is 0 Å². The van der Waals surface area contributed by atoms with Gasteiger partial charge in [-0.15, -0.1) is 0 Å². The molecule has 1 aromatic rings. The second-order valence-electron chi connectivity index (χ2n) is 8.40. The fourth-order valence-corrected chi connectivity index (χ4v) is 4.60. The second-order valence-corrected chi connectivity index (χ2v) is 8.40. The Morgan fingerprint density at radius 1 is 1.11 bits per heavy atom. The molecule has 1 atom stereocenters. The molecule has 5 nitrogen and oxygen atoms in total. The molecule has 5 heteroatoms. The van der Waals surface area contributed by atoms with Gasteiger partial charge in [-0.25, -0.2) is 4.79 Å². The first kappa shape index (κ1) is 21.0. The molecule has 0 saturated carbocycles. The Balaban J connectivity index is 1.45. The average molecular weight is 388 g/mol. The molecule has 0 radical (unpaired) electrons. The van der Waals surface area contributed by atoms with Gasteiger partial charge in [-0.2, -0.15) is 0 Å². The predicted molar refractivity (Wildman–Crippen MR) is 114 cm³/mol. The number of likely N-dealkylation sites (N-methyl/N-ethyl adjacent to an activating group) is 1. The molecule has 2 amide bonds. The summed E-state index contributed by atoms with van der Waals surface area (Å²) in [6, 6.07) is 9.23. The molecule has 0 aromatic heterocycles. The highest BCUT2D eigenvalue weighted by molar-refractivity contribution is 5.74. The summed E-state index contributed by atoms with van der Waals surface area (Å²) in [6.45, 7) is 10.5. The summed E-state index contributed by atoms with van der Waals surface area (Å²) in [4.78, 5) is 19.3. The Labute approximate surface area is 170 Å². The van der Waals surface area contributed by atoms with Crippen LogP contribution in [0, 0.1) is 5.92 Å². The molecule has 156 valence electrons. The first-order valence-electron chi connectivity index (χ1n) is 11.0. The lowest BCUT2D eigenvalue weighted by molar-refractivity contribution is 0.116. The molecule has 0 bridgehead atoms. The molecular weight excluding hydrogens is 350 g/mol. The standard InChI is InChI=1S/C23H37N3O2/c1-4-24(19(2)17-20-7-9-22(28-3)10-8-20)18-21-11-15-26(16-12-21)23(27)25-13-5-6-14-25/h7-10,19,21H,4-6,11-18H2,1-3H3. The van der Waals surface area contributed by atoms with Crippen LogP contribution in [0.3, 0.4) is 0 Å². The SMILES string of the molecule is CCN(CC1CCN(C(=O)N2CCCC2)CC1)C(C)Cc1ccc(OC)cc1. The number of carbonyl (C=O) groups excluding carboxylic acids is 1. The Bertz CT molecular complexity index is 605. The summed E-state index contributed by atoms with van der Waals surface area (Å²) in [5, 5.41) is 0. The second kappa shape index (κ2) is 10.1. The van der Waals surface area contributed by atoms with Crippen molar-refractivity contribution in [3.05, 3.63) is 29.8 Å². The fourth-order valence-electron chi connectivity index (χ4n) is 4.60. The molecule has 0 N–H and O–H groups in total. The van der Waals surface area contributed by atoms with Gasteiger partial charge in [-0.05, 0) is 69.2 Å². The van der Waals surface area contributed by atoms with Gasteiger partial charge in [0.1, 0.15) is 5.75 Å². The molecule has 2 aliphatic rings. The van der Waals surface area contributed by atoms with Gasteiger partial charge >= 0.3 is 6.03 Å². The molecule has 3 rings (SSSR count). The van der Waals surface area contributed by atoms with Crippen molar-refractivity contribution in [2.24, 2.45) is 5.92 Å². The van der Waals surface area contributed by atoms with Crippen LogP contribution in [0.4, 0.5) is 4.79 Å². The quantitative estimate of drug-likeness (QED) is 0.712. The number of hydrogen-bond acceptors (Lipinski definition) is 3. The van der Waals surface area contributed by atoms with Gasteiger partial charge < -0.3 is 19.4 Å². The van der Waals surface area contributed by atoms with Crippen LogP contribution in [-0.4, -0.2) is 73.2 Å². The molecule has 2 aliphatic heterocycles. The number of methoxy groups -OCH3 is 1. The number of hydrogen-bond donors (Lipinski definition) is 0. The fraction of sp³-hybridized carbons (Fsp3) is 0.696. The van der Waals surface area contributed by atoms with Crippen molar-refractivity contribution < 1.29 is 9.53 Å². The van der Waals surface area contributed by atoms with Crippen molar-refractivity contribution in [1.82, 2.24) is 14.7 Å². The van der Waals surface area contributed by atoms with Crippen LogP contribution in [-0.2, 0) is 6.42 Å². The molecule has 1 unspecified atom stereocenters. The van der Waals surface area contributed by atoms with Crippen LogP contribution in [0.1, 0.15) is 45.1 Å². The third kappa shape index (κ3) is 5.40. The minimum atomic E-state index is 0.274. The van der Waals surface area contributed by atoms with E-state index in [1.54, 1.807) is 7.11 Å². The van der Waals surface area contributed by atoms with Crippen molar-refractivity contribution in [3.63, 3.8) is 0 Å². The zero-order valence-electron chi connectivity index (χ0n) is 17.9. The molecule has 2 saturated heterocycles. The lowest BCUT2D eigenvalue weighted by atomic mass is 9.95. The van der Waals surface area contributed by atoms with Crippen molar-refractivity contribution in [2.75, 3.05) is 46.4 Å². The highest BCUT2D eigenvalue weighted by Crippen LogP contribution is 2.22. The lowest BCUT2D eigenvalue weighted by Gasteiger charge is -2.38. The summed E-state index contributed by atoms with van der Waals surface area (Å²) in [5.74, 6) is 1.61. The van der Waals surface area contributed by atoms with Gasteiger partial charge in [0.2, 0.25) is 0 Å². The number of piperidine rings is 1.